The van der Waals surface area contributed by atoms with E-state index >= 15 is 0 Å². The van der Waals surface area contributed by atoms with Crippen LogP contribution in [0, 0.1) is 0 Å². The van der Waals surface area contributed by atoms with Crippen molar-refractivity contribution in [2.24, 2.45) is 0 Å². The van der Waals surface area contributed by atoms with E-state index in [4.69, 9.17) is 11.6 Å². The van der Waals surface area contributed by atoms with Crippen molar-refractivity contribution in [3.63, 3.8) is 0 Å². The van der Waals surface area contributed by atoms with E-state index in [9.17, 15) is 20.1 Å². The van der Waals surface area contributed by atoms with Gasteiger partial charge in [-0.1, -0.05) is 17.7 Å². The molecule has 5 nitrogen and oxygen atoms in total. The Morgan fingerprint density at radius 2 is 2.12 bits per heavy atom. The summed E-state index contributed by atoms with van der Waals surface area (Å²) >= 11 is 5.59. The quantitative estimate of drug-likeness (QED) is 0.703. The molecular formula is C11H13ClO5. The largest absolute Gasteiger partial charge is 0.506 e. The van der Waals surface area contributed by atoms with E-state index in [0.717, 1.165) is 0 Å². The Bertz CT molecular complexity index is 407. The summed E-state index contributed by atoms with van der Waals surface area (Å²) < 4.78 is 4.56. The molecule has 2 atom stereocenters. The Balaban J connectivity index is 2.84. The number of phenolic OH excluding ortho intramolecular Hbond substituents is 1. The number of esters is 1. The number of ether oxygens (including phenoxy) is 1. The van der Waals surface area contributed by atoms with E-state index in [1.807, 2.05) is 0 Å². The average Bonchev–Trinajstić information content (AvgIpc) is 2.31. The summed E-state index contributed by atoms with van der Waals surface area (Å²) in [6.45, 7) is 1.69. The molecule has 3 N–H and O–H groups in total. The molecule has 17 heavy (non-hydrogen) atoms. The number of carbonyl (C=O) groups is 1. The summed E-state index contributed by atoms with van der Waals surface area (Å²) in [7, 11) is 0. The smallest absolute Gasteiger partial charge is 0.338 e. The minimum Gasteiger partial charge on any atom is -0.506 e. The summed E-state index contributed by atoms with van der Waals surface area (Å²) in [6, 6.07) is 3.93. The van der Waals surface area contributed by atoms with Crippen LogP contribution < -0.4 is 0 Å². The number of hydrogen-bond acceptors (Lipinski definition) is 5. The fourth-order valence-corrected chi connectivity index (χ4v) is 1.37. The van der Waals surface area contributed by atoms with Crippen LogP contribution in [-0.2, 0) is 9.53 Å². The molecule has 1 rings (SSSR count). The highest BCUT2D eigenvalue weighted by atomic mass is 35.5. The fourth-order valence-electron chi connectivity index (χ4n) is 1.25. The third-order valence-electron chi connectivity index (χ3n) is 2.14. The van der Waals surface area contributed by atoms with Crippen molar-refractivity contribution >= 4 is 17.6 Å². The van der Waals surface area contributed by atoms with Crippen LogP contribution in [0.3, 0.4) is 0 Å². The molecule has 0 heterocycles. The molecule has 0 radical (unpaired) electrons. The minimum absolute atomic E-state index is 0.106. The third kappa shape index (κ3) is 3.33. The van der Waals surface area contributed by atoms with Crippen LogP contribution in [0.15, 0.2) is 18.2 Å². The normalized spacial score (nSPS) is 14.1. The zero-order chi connectivity index (χ0) is 13.0. The van der Waals surface area contributed by atoms with Crippen LogP contribution in [0.2, 0.25) is 5.02 Å². The highest BCUT2D eigenvalue weighted by Gasteiger charge is 2.27. The second-order valence-electron chi connectivity index (χ2n) is 3.35. The second kappa shape index (κ2) is 5.86. The zero-order valence-corrected chi connectivity index (χ0v) is 9.89. The first-order valence-electron chi connectivity index (χ1n) is 4.98. The summed E-state index contributed by atoms with van der Waals surface area (Å²) in [5.74, 6) is -1.16. The molecule has 1 aromatic rings. The minimum atomic E-state index is -1.70. The van der Waals surface area contributed by atoms with Gasteiger partial charge < -0.3 is 20.1 Å². The summed E-state index contributed by atoms with van der Waals surface area (Å²) in [5, 5.41) is 28.6. The molecule has 0 bridgehead atoms. The van der Waals surface area contributed by atoms with Gasteiger partial charge in [0, 0.05) is 0 Å². The maximum absolute atomic E-state index is 11.2. The predicted molar refractivity (Wildman–Crippen MR) is 60.7 cm³/mol. The molecule has 94 valence electrons. The van der Waals surface area contributed by atoms with Crippen molar-refractivity contribution in [3.05, 3.63) is 28.8 Å². The molecule has 0 saturated carbocycles. The molecular weight excluding hydrogens is 248 g/mol. The van der Waals surface area contributed by atoms with Gasteiger partial charge in [0.2, 0.25) is 0 Å². The van der Waals surface area contributed by atoms with Gasteiger partial charge in [0.25, 0.3) is 0 Å². The molecule has 0 spiro atoms. The fraction of sp³-hybridized carbons (Fsp3) is 0.364. The van der Waals surface area contributed by atoms with Crippen molar-refractivity contribution in [3.8, 4) is 5.75 Å². The summed E-state index contributed by atoms with van der Waals surface area (Å²) in [5.41, 5.74) is 0.174. The van der Waals surface area contributed by atoms with Crippen molar-refractivity contribution in [1.29, 1.82) is 0 Å². The Kier molecular flexibility index (Phi) is 4.74. The molecule has 0 amide bonds. The van der Waals surface area contributed by atoms with Crippen LogP contribution in [0.5, 0.6) is 5.75 Å². The molecule has 1 aromatic carbocycles. The molecule has 0 aliphatic heterocycles. The lowest BCUT2D eigenvalue weighted by Crippen LogP contribution is -2.29. The van der Waals surface area contributed by atoms with Gasteiger partial charge in [-0.05, 0) is 24.6 Å². The Labute approximate surface area is 103 Å². The van der Waals surface area contributed by atoms with Gasteiger partial charge in [-0.15, -0.1) is 0 Å². The summed E-state index contributed by atoms with van der Waals surface area (Å²) in [4.78, 5) is 11.2. The maximum atomic E-state index is 11.2. The number of aromatic hydroxyl groups is 1. The number of aliphatic hydroxyl groups excluding tert-OH is 2. The van der Waals surface area contributed by atoms with E-state index in [1.165, 1.54) is 18.2 Å². The second-order valence-corrected chi connectivity index (χ2v) is 3.76. The van der Waals surface area contributed by atoms with Crippen molar-refractivity contribution in [2.45, 2.75) is 19.1 Å². The van der Waals surface area contributed by atoms with Gasteiger partial charge in [0.15, 0.2) is 6.10 Å². The molecule has 0 aromatic heterocycles. The monoisotopic (exact) mass is 260 g/mol. The number of phenols is 1. The Morgan fingerprint density at radius 3 is 2.65 bits per heavy atom. The molecule has 0 aliphatic rings. The Morgan fingerprint density at radius 1 is 1.47 bits per heavy atom. The van der Waals surface area contributed by atoms with Crippen LogP contribution in [0.25, 0.3) is 0 Å². The van der Waals surface area contributed by atoms with Crippen LogP contribution in [0.1, 0.15) is 18.6 Å². The highest BCUT2D eigenvalue weighted by molar-refractivity contribution is 6.32. The Hall–Kier alpha value is -1.30. The van der Waals surface area contributed by atoms with Crippen LogP contribution in [0.4, 0.5) is 0 Å². The zero-order valence-electron chi connectivity index (χ0n) is 9.13. The van der Waals surface area contributed by atoms with Crippen molar-refractivity contribution in [1.82, 2.24) is 0 Å². The number of benzene rings is 1. The first-order chi connectivity index (χ1) is 7.97. The van der Waals surface area contributed by atoms with Gasteiger partial charge in [-0.2, -0.15) is 0 Å². The van der Waals surface area contributed by atoms with Gasteiger partial charge in [0.1, 0.15) is 11.9 Å². The molecule has 6 heteroatoms. The van der Waals surface area contributed by atoms with E-state index in [2.05, 4.69) is 4.74 Å². The number of halogens is 1. The molecule has 0 aliphatic carbocycles. The number of carbonyl (C=O) groups excluding carboxylic acids is 1. The average molecular weight is 261 g/mol. The lowest BCUT2D eigenvalue weighted by Gasteiger charge is -2.17. The maximum Gasteiger partial charge on any atom is 0.338 e. The number of hydrogen-bond donors (Lipinski definition) is 3. The third-order valence-corrected chi connectivity index (χ3v) is 2.46. The van der Waals surface area contributed by atoms with Crippen LogP contribution in [-0.4, -0.2) is 34.0 Å². The molecule has 0 fully saturated rings. The van der Waals surface area contributed by atoms with Crippen LogP contribution >= 0.6 is 11.6 Å². The van der Waals surface area contributed by atoms with E-state index in [0.29, 0.717) is 0 Å². The highest BCUT2D eigenvalue weighted by Crippen LogP contribution is 2.28. The number of rotatable bonds is 4. The standard InChI is InChI=1S/C11H13ClO5/c1-2-17-11(16)10(15)9(14)6-3-4-7(12)8(13)5-6/h3-5,9-10,13-15H,2H2,1H3. The van der Waals surface area contributed by atoms with E-state index in [1.54, 1.807) is 6.92 Å². The van der Waals surface area contributed by atoms with E-state index < -0.39 is 18.2 Å². The molecule has 0 saturated heterocycles. The van der Waals surface area contributed by atoms with Gasteiger partial charge in [-0.3, -0.25) is 0 Å². The topological polar surface area (TPSA) is 87.0 Å². The molecule has 2 unspecified atom stereocenters. The van der Waals surface area contributed by atoms with Gasteiger partial charge >= 0.3 is 5.97 Å². The van der Waals surface area contributed by atoms with E-state index in [-0.39, 0.29) is 22.9 Å². The lowest BCUT2D eigenvalue weighted by molar-refractivity contribution is -0.159. The van der Waals surface area contributed by atoms with Gasteiger partial charge in [-0.25, -0.2) is 4.79 Å². The van der Waals surface area contributed by atoms with Gasteiger partial charge in [0.05, 0.1) is 11.6 Å². The van der Waals surface area contributed by atoms with Crippen molar-refractivity contribution < 1.29 is 24.9 Å². The summed E-state index contributed by atoms with van der Waals surface area (Å²) in [6.07, 6.45) is -3.17. The first kappa shape index (κ1) is 13.8. The lowest BCUT2D eigenvalue weighted by atomic mass is 10.0. The first-order valence-corrected chi connectivity index (χ1v) is 5.36. The number of aliphatic hydroxyl groups is 2. The van der Waals surface area contributed by atoms with Crippen molar-refractivity contribution in [2.75, 3.05) is 6.61 Å². The SMILES string of the molecule is CCOC(=O)C(O)C(O)c1ccc(Cl)c(O)c1. The predicted octanol–water partition coefficient (Wildman–Crippen LogP) is 1.00.